The Kier molecular flexibility index (Phi) is 7.30. The van der Waals surface area contributed by atoms with Crippen LogP contribution in [-0.4, -0.2) is 47.6 Å². The van der Waals surface area contributed by atoms with Crippen LogP contribution in [0.15, 0.2) is 0 Å². The van der Waals surface area contributed by atoms with E-state index in [0.717, 1.165) is 55.7 Å². The second-order valence-corrected chi connectivity index (χ2v) is 4.98. The molecule has 0 radical (unpaired) electrons. The lowest BCUT2D eigenvalue weighted by Crippen LogP contribution is -2.30. The van der Waals surface area contributed by atoms with Crippen LogP contribution in [0.5, 0.6) is 0 Å². The summed E-state index contributed by atoms with van der Waals surface area (Å²) in [4.78, 5) is 11.4. The molecule has 1 aromatic heterocycles. The van der Waals surface area contributed by atoms with E-state index in [0.29, 0.717) is 0 Å². The standard InChI is InChI=1S/C15H29N5/c1-6-10-20(8-3)11-9-17-15-12(4)14(16-7-2)18-13(5)19-15/h6-11H2,1-5H3,(H2,16,17,18,19). The average Bonchev–Trinajstić information content (AvgIpc) is 2.42. The number of hydrogen-bond donors (Lipinski definition) is 2. The minimum Gasteiger partial charge on any atom is -0.370 e. The van der Waals surface area contributed by atoms with Gasteiger partial charge in [0, 0.05) is 25.2 Å². The highest BCUT2D eigenvalue weighted by atomic mass is 15.1. The van der Waals surface area contributed by atoms with Crippen LogP contribution in [0.4, 0.5) is 11.6 Å². The highest BCUT2D eigenvalue weighted by Gasteiger charge is 2.08. The second-order valence-electron chi connectivity index (χ2n) is 4.98. The first kappa shape index (κ1) is 16.7. The van der Waals surface area contributed by atoms with Crippen molar-refractivity contribution < 1.29 is 0 Å². The van der Waals surface area contributed by atoms with E-state index in [1.54, 1.807) is 0 Å². The van der Waals surface area contributed by atoms with Crippen molar-refractivity contribution in [3.8, 4) is 0 Å². The third-order valence-corrected chi connectivity index (χ3v) is 3.31. The summed E-state index contributed by atoms with van der Waals surface area (Å²) in [5.41, 5.74) is 1.09. The van der Waals surface area contributed by atoms with Crippen LogP contribution in [0.1, 0.15) is 38.6 Å². The number of nitrogens with one attached hydrogen (secondary N) is 2. The minimum absolute atomic E-state index is 0.801. The van der Waals surface area contributed by atoms with E-state index in [4.69, 9.17) is 0 Å². The van der Waals surface area contributed by atoms with Gasteiger partial charge in [0.05, 0.1) is 0 Å². The molecule has 0 aromatic carbocycles. The molecule has 1 rings (SSSR count). The van der Waals surface area contributed by atoms with Gasteiger partial charge in [-0.15, -0.1) is 0 Å². The van der Waals surface area contributed by atoms with Gasteiger partial charge in [-0.3, -0.25) is 0 Å². The second kappa shape index (κ2) is 8.74. The zero-order valence-corrected chi connectivity index (χ0v) is 13.6. The Morgan fingerprint density at radius 1 is 0.950 bits per heavy atom. The van der Waals surface area contributed by atoms with Crippen molar-refractivity contribution in [3.05, 3.63) is 11.4 Å². The molecule has 0 bridgehead atoms. The SMILES string of the molecule is CCCN(CC)CCNc1nc(C)nc(NCC)c1C. The molecule has 0 amide bonds. The summed E-state index contributed by atoms with van der Waals surface area (Å²) in [6, 6.07) is 0. The van der Waals surface area contributed by atoms with Crippen LogP contribution in [0.3, 0.4) is 0 Å². The van der Waals surface area contributed by atoms with Gasteiger partial charge < -0.3 is 15.5 Å². The molecule has 0 fully saturated rings. The summed E-state index contributed by atoms with van der Waals surface area (Å²) < 4.78 is 0. The van der Waals surface area contributed by atoms with Crippen molar-refractivity contribution in [2.75, 3.05) is 43.4 Å². The quantitative estimate of drug-likeness (QED) is 0.728. The summed E-state index contributed by atoms with van der Waals surface area (Å²) in [6.45, 7) is 15.6. The van der Waals surface area contributed by atoms with Crippen LogP contribution < -0.4 is 10.6 Å². The molecule has 2 N–H and O–H groups in total. The Morgan fingerprint density at radius 3 is 2.15 bits per heavy atom. The molecule has 0 aliphatic rings. The highest BCUT2D eigenvalue weighted by molar-refractivity contribution is 5.57. The van der Waals surface area contributed by atoms with Gasteiger partial charge in [-0.2, -0.15) is 0 Å². The molecular formula is C15H29N5. The molecule has 5 nitrogen and oxygen atoms in total. The van der Waals surface area contributed by atoms with Gasteiger partial charge in [-0.05, 0) is 40.3 Å². The number of aromatic nitrogens is 2. The first-order valence-electron chi connectivity index (χ1n) is 7.67. The lowest BCUT2D eigenvalue weighted by Gasteiger charge is -2.20. The van der Waals surface area contributed by atoms with Gasteiger partial charge in [0.1, 0.15) is 17.5 Å². The molecule has 0 spiro atoms. The normalized spacial score (nSPS) is 10.9. The van der Waals surface area contributed by atoms with Gasteiger partial charge in [0.2, 0.25) is 0 Å². The fraction of sp³-hybridized carbons (Fsp3) is 0.733. The van der Waals surface area contributed by atoms with Crippen molar-refractivity contribution in [2.24, 2.45) is 0 Å². The number of anilines is 2. The maximum Gasteiger partial charge on any atom is 0.134 e. The van der Waals surface area contributed by atoms with Gasteiger partial charge >= 0.3 is 0 Å². The van der Waals surface area contributed by atoms with E-state index in [9.17, 15) is 0 Å². The van der Waals surface area contributed by atoms with Gasteiger partial charge in [0.15, 0.2) is 0 Å². The average molecular weight is 279 g/mol. The van der Waals surface area contributed by atoms with E-state index < -0.39 is 0 Å². The minimum atomic E-state index is 0.801. The van der Waals surface area contributed by atoms with Crippen molar-refractivity contribution in [1.29, 1.82) is 0 Å². The van der Waals surface area contributed by atoms with Crippen LogP contribution in [0, 0.1) is 13.8 Å². The first-order valence-corrected chi connectivity index (χ1v) is 7.67. The number of rotatable bonds is 9. The maximum atomic E-state index is 4.50. The Hall–Kier alpha value is -1.36. The summed E-state index contributed by atoms with van der Waals surface area (Å²) in [6.07, 6.45) is 1.20. The van der Waals surface area contributed by atoms with Crippen molar-refractivity contribution in [3.63, 3.8) is 0 Å². The lowest BCUT2D eigenvalue weighted by atomic mass is 10.3. The first-order chi connectivity index (χ1) is 9.62. The van der Waals surface area contributed by atoms with E-state index in [1.165, 1.54) is 6.42 Å². The number of hydrogen-bond acceptors (Lipinski definition) is 5. The number of likely N-dealkylation sites (N-methyl/N-ethyl adjacent to an activating group) is 1. The highest BCUT2D eigenvalue weighted by Crippen LogP contribution is 2.19. The molecule has 0 unspecified atom stereocenters. The van der Waals surface area contributed by atoms with Gasteiger partial charge in [-0.1, -0.05) is 13.8 Å². The number of aryl methyl sites for hydroxylation is 1. The van der Waals surface area contributed by atoms with E-state index in [1.807, 2.05) is 6.92 Å². The largest absolute Gasteiger partial charge is 0.370 e. The molecule has 0 atom stereocenters. The van der Waals surface area contributed by atoms with Crippen LogP contribution in [-0.2, 0) is 0 Å². The maximum absolute atomic E-state index is 4.50. The molecule has 1 heterocycles. The molecule has 1 aromatic rings. The summed E-state index contributed by atoms with van der Waals surface area (Å²) in [5, 5.41) is 6.73. The van der Waals surface area contributed by atoms with Crippen LogP contribution in [0.2, 0.25) is 0 Å². The Balaban J connectivity index is 2.63. The molecule has 0 saturated carbocycles. The summed E-state index contributed by atoms with van der Waals surface area (Å²) >= 11 is 0. The third-order valence-electron chi connectivity index (χ3n) is 3.31. The molecule has 114 valence electrons. The summed E-state index contributed by atoms with van der Waals surface area (Å²) in [5.74, 6) is 2.68. The predicted molar refractivity (Wildman–Crippen MR) is 86.6 cm³/mol. The zero-order chi connectivity index (χ0) is 15.0. The van der Waals surface area contributed by atoms with Crippen LogP contribution in [0.25, 0.3) is 0 Å². The van der Waals surface area contributed by atoms with Crippen molar-refractivity contribution in [2.45, 2.75) is 41.0 Å². The number of nitrogens with zero attached hydrogens (tertiary/aromatic N) is 3. The molecule has 0 saturated heterocycles. The van der Waals surface area contributed by atoms with E-state index >= 15 is 0 Å². The fourth-order valence-corrected chi connectivity index (χ4v) is 2.22. The monoisotopic (exact) mass is 279 g/mol. The Labute approximate surface area is 123 Å². The van der Waals surface area contributed by atoms with Crippen LogP contribution >= 0.6 is 0 Å². The van der Waals surface area contributed by atoms with Crippen molar-refractivity contribution >= 4 is 11.6 Å². The van der Waals surface area contributed by atoms with E-state index in [-0.39, 0.29) is 0 Å². The van der Waals surface area contributed by atoms with Gasteiger partial charge in [0.25, 0.3) is 0 Å². The molecule has 5 heteroatoms. The molecular weight excluding hydrogens is 250 g/mol. The third kappa shape index (κ3) is 4.96. The Morgan fingerprint density at radius 2 is 1.60 bits per heavy atom. The summed E-state index contributed by atoms with van der Waals surface area (Å²) in [7, 11) is 0. The zero-order valence-electron chi connectivity index (χ0n) is 13.6. The topological polar surface area (TPSA) is 53.1 Å². The molecule has 0 aliphatic carbocycles. The van der Waals surface area contributed by atoms with Crippen molar-refractivity contribution in [1.82, 2.24) is 14.9 Å². The molecule has 20 heavy (non-hydrogen) atoms. The molecule has 0 aliphatic heterocycles. The lowest BCUT2D eigenvalue weighted by molar-refractivity contribution is 0.300. The predicted octanol–water partition coefficient (Wildman–Crippen LogP) is 2.67. The van der Waals surface area contributed by atoms with Gasteiger partial charge in [-0.25, -0.2) is 9.97 Å². The fourth-order valence-electron chi connectivity index (χ4n) is 2.22. The van der Waals surface area contributed by atoms with E-state index in [2.05, 4.69) is 53.2 Å². The smallest absolute Gasteiger partial charge is 0.134 e. The Bertz CT molecular complexity index is 405.